The van der Waals surface area contributed by atoms with E-state index in [1.54, 1.807) is 18.5 Å². The summed E-state index contributed by atoms with van der Waals surface area (Å²) in [6.07, 6.45) is 4.01. The van der Waals surface area contributed by atoms with Gasteiger partial charge in [-0.15, -0.1) is 10.2 Å². The maximum absolute atomic E-state index is 12.1. The molecular formula is C18H18N4O2. The molecule has 0 bridgehead atoms. The van der Waals surface area contributed by atoms with Crippen molar-refractivity contribution in [2.45, 2.75) is 26.7 Å². The van der Waals surface area contributed by atoms with E-state index in [9.17, 15) is 4.79 Å². The second-order valence-electron chi connectivity index (χ2n) is 5.67. The maximum Gasteiger partial charge on any atom is 0.249 e. The Labute approximate surface area is 140 Å². The largest absolute Gasteiger partial charge is 0.421 e. The Hall–Kier alpha value is -3.02. The number of aromatic nitrogens is 3. The minimum atomic E-state index is -0.0823. The fourth-order valence-electron chi connectivity index (χ4n) is 2.45. The molecule has 0 aliphatic heterocycles. The minimum Gasteiger partial charge on any atom is -0.421 e. The molecular weight excluding hydrogens is 304 g/mol. The van der Waals surface area contributed by atoms with E-state index in [1.165, 1.54) is 0 Å². The standard InChI is InChI=1S/C18H18N4O2/c1-12-8-13(2)10-15(9-12)20-16(23)5-6-17-21-22-18(24-17)14-4-3-7-19-11-14/h3-4,7-11H,5-6H2,1-2H3,(H,20,23). The summed E-state index contributed by atoms with van der Waals surface area (Å²) in [7, 11) is 0. The van der Waals surface area contributed by atoms with Gasteiger partial charge in [0.1, 0.15) is 0 Å². The van der Waals surface area contributed by atoms with Crippen molar-refractivity contribution in [3.8, 4) is 11.5 Å². The Morgan fingerprint density at radius 3 is 2.67 bits per heavy atom. The van der Waals surface area contributed by atoms with Crippen LogP contribution in [0, 0.1) is 13.8 Å². The number of hydrogen-bond donors (Lipinski definition) is 1. The molecule has 0 aliphatic carbocycles. The molecule has 24 heavy (non-hydrogen) atoms. The molecule has 3 rings (SSSR count). The molecule has 0 unspecified atom stereocenters. The molecule has 0 fully saturated rings. The van der Waals surface area contributed by atoms with E-state index >= 15 is 0 Å². The predicted molar refractivity (Wildman–Crippen MR) is 90.4 cm³/mol. The van der Waals surface area contributed by atoms with Gasteiger partial charge in [0.15, 0.2) is 0 Å². The van der Waals surface area contributed by atoms with Crippen LogP contribution in [0.4, 0.5) is 5.69 Å². The van der Waals surface area contributed by atoms with Crippen LogP contribution >= 0.6 is 0 Å². The van der Waals surface area contributed by atoms with Crippen molar-refractivity contribution in [3.05, 3.63) is 59.7 Å². The number of nitrogens with zero attached hydrogens (tertiary/aromatic N) is 3. The first-order valence-electron chi connectivity index (χ1n) is 7.71. The molecule has 0 saturated heterocycles. The lowest BCUT2D eigenvalue weighted by molar-refractivity contribution is -0.116. The summed E-state index contributed by atoms with van der Waals surface area (Å²) in [5.74, 6) is 0.762. The summed E-state index contributed by atoms with van der Waals surface area (Å²) in [4.78, 5) is 16.1. The van der Waals surface area contributed by atoms with Crippen molar-refractivity contribution < 1.29 is 9.21 Å². The van der Waals surface area contributed by atoms with E-state index < -0.39 is 0 Å². The number of rotatable bonds is 5. The van der Waals surface area contributed by atoms with Gasteiger partial charge in [-0.25, -0.2) is 0 Å². The van der Waals surface area contributed by atoms with E-state index in [4.69, 9.17) is 4.42 Å². The monoisotopic (exact) mass is 322 g/mol. The lowest BCUT2D eigenvalue weighted by atomic mass is 10.1. The second-order valence-corrected chi connectivity index (χ2v) is 5.67. The minimum absolute atomic E-state index is 0.0823. The number of carbonyl (C=O) groups excluding carboxylic acids is 1. The molecule has 1 amide bonds. The van der Waals surface area contributed by atoms with Gasteiger partial charge >= 0.3 is 0 Å². The zero-order chi connectivity index (χ0) is 16.9. The average Bonchev–Trinajstić information content (AvgIpc) is 3.02. The number of carbonyl (C=O) groups is 1. The number of benzene rings is 1. The van der Waals surface area contributed by atoms with Crippen molar-refractivity contribution >= 4 is 11.6 Å². The third kappa shape index (κ3) is 4.04. The lowest BCUT2D eigenvalue weighted by Crippen LogP contribution is -2.12. The van der Waals surface area contributed by atoms with Gasteiger partial charge in [-0.2, -0.15) is 0 Å². The first-order valence-corrected chi connectivity index (χ1v) is 7.71. The number of nitrogens with one attached hydrogen (secondary N) is 1. The summed E-state index contributed by atoms with van der Waals surface area (Å²) >= 11 is 0. The molecule has 3 aromatic rings. The fraction of sp³-hybridized carbons (Fsp3) is 0.222. The van der Waals surface area contributed by atoms with Gasteiger partial charge in [0.2, 0.25) is 17.7 Å². The van der Waals surface area contributed by atoms with Crippen LogP contribution in [0.2, 0.25) is 0 Å². The fourth-order valence-corrected chi connectivity index (χ4v) is 2.45. The molecule has 6 heteroatoms. The van der Waals surface area contributed by atoms with Crippen LogP contribution in [0.25, 0.3) is 11.5 Å². The van der Waals surface area contributed by atoms with Crippen molar-refractivity contribution in [1.29, 1.82) is 0 Å². The highest BCUT2D eigenvalue weighted by molar-refractivity contribution is 5.90. The molecule has 0 atom stereocenters. The maximum atomic E-state index is 12.1. The topological polar surface area (TPSA) is 80.9 Å². The first kappa shape index (κ1) is 15.9. The third-order valence-corrected chi connectivity index (χ3v) is 3.45. The number of aryl methyl sites for hydroxylation is 3. The number of amides is 1. The summed E-state index contributed by atoms with van der Waals surface area (Å²) in [5.41, 5.74) is 3.79. The summed E-state index contributed by atoms with van der Waals surface area (Å²) < 4.78 is 5.57. The van der Waals surface area contributed by atoms with Crippen LogP contribution < -0.4 is 5.32 Å². The van der Waals surface area contributed by atoms with Crippen LogP contribution in [-0.2, 0) is 11.2 Å². The second kappa shape index (κ2) is 7.04. The normalized spacial score (nSPS) is 10.6. The lowest BCUT2D eigenvalue weighted by Gasteiger charge is -2.06. The Bertz CT molecular complexity index is 823. The van der Waals surface area contributed by atoms with E-state index in [1.807, 2.05) is 32.0 Å². The molecule has 1 aromatic carbocycles. The van der Waals surface area contributed by atoms with Gasteiger partial charge in [-0.1, -0.05) is 6.07 Å². The van der Waals surface area contributed by atoms with Crippen LogP contribution in [0.3, 0.4) is 0 Å². The third-order valence-electron chi connectivity index (χ3n) is 3.45. The Balaban J connectivity index is 1.58. The Morgan fingerprint density at radius 1 is 1.17 bits per heavy atom. The molecule has 2 aromatic heterocycles. The molecule has 6 nitrogen and oxygen atoms in total. The molecule has 1 N–H and O–H groups in total. The molecule has 0 saturated carbocycles. The van der Waals surface area contributed by atoms with Crippen LogP contribution in [0.15, 0.2) is 47.1 Å². The molecule has 0 radical (unpaired) electrons. The van der Waals surface area contributed by atoms with Gasteiger partial charge in [-0.3, -0.25) is 9.78 Å². The molecule has 0 spiro atoms. The van der Waals surface area contributed by atoms with Crippen molar-refractivity contribution in [1.82, 2.24) is 15.2 Å². The average molecular weight is 322 g/mol. The summed E-state index contributed by atoms with van der Waals surface area (Å²) in [6, 6.07) is 9.60. The van der Waals surface area contributed by atoms with E-state index in [2.05, 4.69) is 26.6 Å². The van der Waals surface area contributed by atoms with E-state index in [0.717, 1.165) is 22.4 Å². The van der Waals surface area contributed by atoms with Crippen molar-refractivity contribution in [3.63, 3.8) is 0 Å². The smallest absolute Gasteiger partial charge is 0.249 e. The van der Waals surface area contributed by atoms with Gasteiger partial charge in [-0.05, 0) is 49.2 Å². The highest BCUT2D eigenvalue weighted by Gasteiger charge is 2.11. The molecule has 2 heterocycles. The van der Waals surface area contributed by atoms with Crippen molar-refractivity contribution in [2.24, 2.45) is 0 Å². The zero-order valence-corrected chi connectivity index (χ0v) is 13.6. The van der Waals surface area contributed by atoms with Gasteiger partial charge in [0, 0.05) is 30.9 Å². The van der Waals surface area contributed by atoms with Crippen LogP contribution in [0.5, 0.6) is 0 Å². The van der Waals surface area contributed by atoms with Gasteiger partial charge in [0.25, 0.3) is 0 Å². The Kier molecular flexibility index (Phi) is 4.65. The predicted octanol–water partition coefficient (Wildman–Crippen LogP) is 3.32. The van der Waals surface area contributed by atoms with Crippen molar-refractivity contribution in [2.75, 3.05) is 5.32 Å². The Morgan fingerprint density at radius 2 is 1.96 bits per heavy atom. The first-order chi connectivity index (χ1) is 11.6. The zero-order valence-electron chi connectivity index (χ0n) is 13.6. The van der Waals surface area contributed by atoms with E-state index in [-0.39, 0.29) is 12.3 Å². The van der Waals surface area contributed by atoms with E-state index in [0.29, 0.717) is 18.2 Å². The molecule has 0 aliphatic rings. The number of pyridine rings is 1. The highest BCUT2D eigenvalue weighted by Crippen LogP contribution is 2.17. The number of anilines is 1. The number of hydrogen-bond acceptors (Lipinski definition) is 5. The van der Waals surface area contributed by atoms with Crippen LogP contribution in [0.1, 0.15) is 23.4 Å². The van der Waals surface area contributed by atoms with Crippen LogP contribution in [-0.4, -0.2) is 21.1 Å². The summed E-state index contributed by atoms with van der Waals surface area (Å²) in [6.45, 7) is 4.00. The molecule has 122 valence electrons. The highest BCUT2D eigenvalue weighted by atomic mass is 16.4. The quantitative estimate of drug-likeness (QED) is 0.779. The van der Waals surface area contributed by atoms with Gasteiger partial charge < -0.3 is 9.73 Å². The SMILES string of the molecule is Cc1cc(C)cc(NC(=O)CCc2nnc(-c3cccnc3)o2)c1. The van der Waals surface area contributed by atoms with Gasteiger partial charge in [0.05, 0.1) is 5.56 Å². The summed E-state index contributed by atoms with van der Waals surface area (Å²) in [5, 5.41) is 10.9.